The normalized spacial score (nSPS) is 10.5. The lowest BCUT2D eigenvalue weighted by molar-refractivity contribution is 0.597. The summed E-state index contributed by atoms with van der Waals surface area (Å²) in [5.41, 5.74) is 6.36. The number of nitrogens with two attached hydrogens (primary N) is 1. The molecule has 0 aliphatic heterocycles. The van der Waals surface area contributed by atoms with Crippen LogP contribution < -0.4 is 11.1 Å². The summed E-state index contributed by atoms with van der Waals surface area (Å²) in [5, 5.41) is 2.73. The van der Waals surface area contributed by atoms with Crippen molar-refractivity contribution in [2.45, 2.75) is 13.3 Å². The number of aromatic nitrogens is 2. The Balaban J connectivity index is 2.42. The van der Waals surface area contributed by atoms with Gasteiger partial charge in [0.25, 0.3) is 0 Å². The lowest BCUT2D eigenvalue weighted by Gasteiger charge is -2.12. The zero-order valence-electron chi connectivity index (χ0n) is 10.0. The molecule has 2 aromatic rings. The van der Waals surface area contributed by atoms with Crippen LogP contribution in [0.3, 0.4) is 0 Å². The molecule has 0 aliphatic carbocycles. The van der Waals surface area contributed by atoms with Gasteiger partial charge in [0.05, 0.1) is 10.2 Å². The predicted molar refractivity (Wildman–Crippen MR) is 73.2 cm³/mol. The summed E-state index contributed by atoms with van der Waals surface area (Å²) in [4.78, 5) is 7.85. The number of nitrogen functional groups attached to an aromatic ring is 1. The van der Waals surface area contributed by atoms with Crippen LogP contribution in [0.2, 0.25) is 0 Å². The zero-order chi connectivity index (χ0) is 14.0. The molecule has 7 heteroatoms. The van der Waals surface area contributed by atoms with Gasteiger partial charge in [0.2, 0.25) is 0 Å². The molecule has 0 atom stereocenters. The summed E-state index contributed by atoms with van der Waals surface area (Å²) in [6.07, 6.45) is 1.85. The van der Waals surface area contributed by atoms with E-state index in [-0.39, 0.29) is 10.2 Å². The number of nitrogens with zero attached hydrogens (tertiary/aromatic N) is 2. The lowest BCUT2D eigenvalue weighted by atomic mass is 10.2. The van der Waals surface area contributed by atoms with Crippen LogP contribution in [-0.4, -0.2) is 9.97 Å². The second-order valence-corrected chi connectivity index (χ2v) is 4.67. The molecule has 0 unspecified atom stereocenters. The van der Waals surface area contributed by atoms with Gasteiger partial charge in [0.1, 0.15) is 29.6 Å². The first kappa shape index (κ1) is 13.7. The quantitative estimate of drug-likeness (QED) is 0.847. The molecule has 3 N–H and O–H groups in total. The van der Waals surface area contributed by atoms with Crippen molar-refractivity contribution in [3.63, 3.8) is 0 Å². The fourth-order valence-electron chi connectivity index (χ4n) is 1.63. The molecule has 19 heavy (non-hydrogen) atoms. The standard InChI is InChI=1S/C12H11BrF2N4/c1-2-6-11(16)17-5-18-12(6)19-10-4-8(14)7(13)3-9(10)15/h3-5H,2H2,1H3,(H3,16,17,18,19). The SMILES string of the molecule is CCc1c(N)ncnc1Nc1cc(F)c(Br)cc1F. The molecule has 0 amide bonds. The van der Waals surface area contributed by atoms with Gasteiger partial charge < -0.3 is 11.1 Å². The summed E-state index contributed by atoms with van der Waals surface area (Å²) in [6.45, 7) is 1.87. The number of anilines is 3. The van der Waals surface area contributed by atoms with E-state index in [1.54, 1.807) is 0 Å². The smallest absolute Gasteiger partial charge is 0.148 e. The maximum atomic E-state index is 13.7. The van der Waals surface area contributed by atoms with Crippen LogP contribution >= 0.6 is 15.9 Å². The minimum absolute atomic E-state index is 0.00602. The molecule has 1 aromatic heterocycles. The first-order chi connectivity index (χ1) is 9.02. The van der Waals surface area contributed by atoms with E-state index in [9.17, 15) is 8.78 Å². The fourth-order valence-corrected chi connectivity index (χ4v) is 1.94. The first-order valence-electron chi connectivity index (χ1n) is 5.53. The van der Waals surface area contributed by atoms with Crippen molar-refractivity contribution in [1.82, 2.24) is 9.97 Å². The van der Waals surface area contributed by atoms with Crippen molar-refractivity contribution in [1.29, 1.82) is 0 Å². The number of halogens is 3. The van der Waals surface area contributed by atoms with E-state index in [0.717, 1.165) is 12.1 Å². The highest BCUT2D eigenvalue weighted by Gasteiger charge is 2.12. The molecule has 4 nitrogen and oxygen atoms in total. The number of hydrogen-bond acceptors (Lipinski definition) is 4. The molecule has 0 saturated carbocycles. The van der Waals surface area contributed by atoms with Gasteiger partial charge in [-0.05, 0) is 28.4 Å². The number of benzene rings is 1. The van der Waals surface area contributed by atoms with E-state index in [4.69, 9.17) is 5.73 Å². The van der Waals surface area contributed by atoms with Crippen molar-refractivity contribution in [3.8, 4) is 0 Å². The van der Waals surface area contributed by atoms with E-state index in [1.807, 2.05) is 6.92 Å². The van der Waals surface area contributed by atoms with Crippen LogP contribution in [0, 0.1) is 11.6 Å². The van der Waals surface area contributed by atoms with E-state index in [0.29, 0.717) is 23.6 Å². The van der Waals surface area contributed by atoms with Crippen LogP contribution in [0.15, 0.2) is 22.9 Å². The highest BCUT2D eigenvalue weighted by atomic mass is 79.9. The Morgan fingerprint density at radius 2 is 2.00 bits per heavy atom. The minimum atomic E-state index is -0.590. The molecule has 0 radical (unpaired) electrons. The number of nitrogens with one attached hydrogen (secondary N) is 1. The van der Waals surface area contributed by atoms with Crippen molar-refractivity contribution < 1.29 is 8.78 Å². The molecule has 0 fully saturated rings. The van der Waals surface area contributed by atoms with Gasteiger partial charge in [0, 0.05) is 11.6 Å². The van der Waals surface area contributed by atoms with Crippen molar-refractivity contribution in [2.75, 3.05) is 11.1 Å². The number of hydrogen-bond donors (Lipinski definition) is 2. The molecule has 100 valence electrons. The maximum absolute atomic E-state index is 13.7. The summed E-state index contributed by atoms with van der Waals surface area (Å²) in [6, 6.07) is 2.10. The summed E-state index contributed by atoms with van der Waals surface area (Å²) in [7, 11) is 0. The van der Waals surface area contributed by atoms with Gasteiger partial charge in [-0.2, -0.15) is 0 Å². The van der Waals surface area contributed by atoms with Gasteiger partial charge in [-0.3, -0.25) is 0 Å². The van der Waals surface area contributed by atoms with E-state index < -0.39 is 11.6 Å². The average molecular weight is 329 g/mol. The van der Waals surface area contributed by atoms with Crippen LogP contribution in [0.1, 0.15) is 12.5 Å². The molecule has 2 rings (SSSR count). The zero-order valence-corrected chi connectivity index (χ0v) is 11.6. The van der Waals surface area contributed by atoms with Gasteiger partial charge in [-0.1, -0.05) is 6.92 Å². The first-order valence-corrected chi connectivity index (χ1v) is 6.33. The second-order valence-electron chi connectivity index (χ2n) is 3.81. The van der Waals surface area contributed by atoms with Crippen molar-refractivity contribution in [2.24, 2.45) is 0 Å². The Labute approximate surface area is 117 Å². The predicted octanol–water partition coefficient (Wildman–Crippen LogP) is 3.41. The van der Waals surface area contributed by atoms with E-state index >= 15 is 0 Å². The fraction of sp³-hybridized carbons (Fsp3) is 0.167. The maximum Gasteiger partial charge on any atom is 0.148 e. The van der Waals surface area contributed by atoms with Gasteiger partial charge in [-0.15, -0.1) is 0 Å². The minimum Gasteiger partial charge on any atom is -0.383 e. The Hall–Kier alpha value is -1.76. The average Bonchev–Trinajstić information content (AvgIpc) is 2.36. The van der Waals surface area contributed by atoms with Gasteiger partial charge >= 0.3 is 0 Å². The summed E-state index contributed by atoms with van der Waals surface area (Å²) in [5.74, 6) is -0.467. The van der Waals surface area contributed by atoms with Crippen LogP contribution in [0.25, 0.3) is 0 Å². The monoisotopic (exact) mass is 328 g/mol. The summed E-state index contributed by atoms with van der Waals surface area (Å²) < 4.78 is 27.2. The Morgan fingerprint density at radius 3 is 2.68 bits per heavy atom. The summed E-state index contributed by atoms with van der Waals surface area (Å²) >= 11 is 2.92. The van der Waals surface area contributed by atoms with E-state index in [2.05, 4.69) is 31.2 Å². The van der Waals surface area contributed by atoms with Gasteiger partial charge in [-0.25, -0.2) is 18.7 Å². The van der Waals surface area contributed by atoms with E-state index in [1.165, 1.54) is 6.33 Å². The van der Waals surface area contributed by atoms with Crippen LogP contribution in [-0.2, 0) is 6.42 Å². The highest BCUT2D eigenvalue weighted by Crippen LogP contribution is 2.27. The largest absolute Gasteiger partial charge is 0.383 e. The molecule has 1 aromatic carbocycles. The molecule has 0 saturated heterocycles. The Kier molecular flexibility index (Phi) is 3.94. The molecule has 0 bridgehead atoms. The van der Waals surface area contributed by atoms with Crippen molar-refractivity contribution in [3.05, 3.63) is 40.1 Å². The molecule has 0 spiro atoms. The molecule has 1 heterocycles. The van der Waals surface area contributed by atoms with Crippen LogP contribution in [0.4, 0.5) is 26.1 Å². The molecule has 0 aliphatic rings. The Bertz CT molecular complexity index is 619. The Morgan fingerprint density at radius 1 is 1.26 bits per heavy atom. The van der Waals surface area contributed by atoms with Crippen LogP contribution in [0.5, 0.6) is 0 Å². The second kappa shape index (κ2) is 5.48. The number of rotatable bonds is 3. The third-order valence-corrected chi connectivity index (χ3v) is 3.20. The third kappa shape index (κ3) is 2.81. The van der Waals surface area contributed by atoms with Gasteiger partial charge in [0.15, 0.2) is 0 Å². The topological polar surface area (TPSA) is 63.8 Å². The molecular formula is C12H11BrF2N4. The third-order valence-electron chi connectivity index (χ3n) is 2.60. The van der Waals surface area contributed by atoms with Crippen molar-refractivity contribution >= 4 is 33.3 Å². The molecular weight excluding hydrogens is 318 g/mol. The highest BCUT2D eigenvalue weighted by molar-refractivity contribution is 9.10. The lowest BCUT2D eigenvalue weighted by Crippen LogP contribution is -2.05.